The van der Waals surface area contributed by atoms with Crippen LogP contribution in [0.25, 0.3) is 0 Å². The van der Waals surface area contributed by atoms with Crippen molar-refractivity contribution in [3.63, 3.8) is 0 Å². The number of hydrogen-bond acceptors (Lipinski definition) is 2. The molecular weight excluding hydrogens is 258 g/mol. The first-order valence-corrected chi connectivity index (χ1v) is 7.39. The standard InChI is InChI=1S/C15H13NO2S/c17-15-11-19(18)14-9-5-4-8-13(14)16(15)10-12-6-2-1-3-7-12/h1-9H,10-11H2. The zero-order chi connectivity index (χ0) is 13.2. The number of para-hydroxylation sites is 1. The van der Waals surface area contributed by atoms with E-state index in [1.165, 1.54) is 0 Å². The molecule has 1 aliphatic heterocycles. The van der Waals surface area contributed by atoms with Crippen molar-refractivity contribution in [3.05, 3.63) is 60.2 Å². The second-order valence-electron chi connectivity index (χ2n) is 4.42. The summed E-state index contributed by atoms with van der Waals surface area (Å²) < 4.78 is 12.0. The van der Waals surface area contributed by atoms with Gasteiger partial charge in [0.2, 0.25) is 5.91 Å². The fourth-order valence-corrected chi connectivity index (χ4v) is 3.39. The molecule has 1 atom stereocenters. The Labute approximate surface area is 114 Å². The van der Waals surface area contributed by atoms with Crippen LogP contribution in [-0.4, -0.2) is 15.9 Å². The lowest BCUT2D eigenvalue weighted by molar-refractivity contribution is -0.116. The molecule has 0 spiro atoms. The molecule has 0 radical (unpaired) electrons. The van der Waals surface area contributed by atoms with E-state index in [1.54, 1.807) is 4.90 Å². The van der Waals surface area contributed by atoms with Crippen LogP contribution in [0.2, 0.25) is 0 Å². The van der Waals surface area contributed by atoms with Crippen molar-refractivity contribution in [1.82, 2.24) is 0 Å². The maximum absolute atomic E-state index is 12.1. The molecule has 0 aromatic heterocycles. The Balaban J connectivity index is 1.99. The second kappa shape index (κ2) is 4.97. The Kier molecular flexibility index (Phi) is 3.17. The largest absolute Gasteiger partial charge is 0.306 e. The summed E-state index contributed by atoms with van der Waals surface area (Å²) in [4.78, 5) is 14.6. The first kappa shape index (κ1) is 12.1. The molecule has 2 aromatic carbocycles. The molecule has 1 amide bonds. The quantitative estimate of drug-likeness (QED) is 0.840. The van der Waals surface area contributed by atoms with Crippen LogP contribution in [0, 0.1) is 0 Å². The highest BCUT2D eigenvalue weighted by Gasteiger charge is 2.28. The summed E-state index contributed by atoms with van der Waals surface area (Å²) in [6, 6.07) is 17.2. The monoisotopic (exact) mass is 271 g/mol. The van der Waals surface area contributed by atoms with E-state index in [1.807, 2.05) is 54.6 Å². The molecule has 3 rings (SSSR count). The van der Waals surface area contributed by atoms with Gasteiger partial charge in [0.25, 0.3) is 0 Å². The molecule has 0 aliphatic carbocycles. The number of rotatable bonds is 2. The molecule has 0 saturated carbocycles. The molecule has 0 fully saturated rings. The fraction of sp³-hybridized carbons (Fsp3) is 0.133. The van der Waals surface area contributed by atoms with Gasteiger partial charge in [-0.3, -0.25) is 9.00 Å². The van der Waals surface area contributed by atoms with Gasteiger partial charge in [-0.1, -0.05) is 42.5 Å². The Morgan fingerprint density at radius 3 is 2.47 bits per heavy atom. The minimum atomic E-state index is -1.22. The molecule has 0 bridgehead atoms. The number of anilines is 1. The summed E-state index contributed by atoms with van der Waals surface area (Å²) in [5.41, 5.74) is 1.83. The van der Waals surface area contributed by atoms with Crippen LogP contribution in [0.1, 0.15) is 5.56 Å². The molecular formula is C15H13NO2S. The number of nitrogens with zero attached hydrogens (tertiary/aromatic N) is 1. The van der Waals surface area contributed by atoms with Crippen LogP contribution in [0.15, 0.2) is 59.5 Å². The van der Waals surface area contributed by atoms with Crippen molar-refractivity contribution in [2.45, 2.75) is 11.4 Å². The van der Waals surface area contributed by atoms with E-state index in [0.29, 0.717) is 6.54 Å². The average Bonchev–Trinajstić information content (AvgIpc) is 2.45. The van der Waals surface area contributed by atoms with Gasteiger partial charge in [-0.25, -0.2) is 0 Å². The Hall–Kier alpha value is -1.94. The number of amides is 1. The van der Waals surface area contributed by atoms with E-state index < -0.39 is 10.8 Å². The number of carbonyl (C=O) groups is 1. The van der Waals surface area contributed by atoms with E-state index in [9.17, 15) is 9.00 Å². The van der Waals surface area contributed by atoms with Gasteiger partial charge in [0, 0.05) is 0 Å². The van der Waals surface area contributed by atoms with Gasteiger partial charge in [-0.15, -0.1) is 0 Å². The maximum Gasteiger partial charge on any atom is 0.240 e. The number of carbonyl (C=O) groups excluding carboxylic acids is 1. The molecule has 2 aromatic rings. The van der Waals surface area contributed by atoms with Crippen molar-refractivity contribution >= 4 is 22.4 Å². The SMILES string of the molecule is O=C1CS(=O)c2ccccc2N1Cc1ccccc1. The minimum absolute atomic E-state index is 0.0733. The van der Waals surface area contributed by atoms with Crippen LogP contribution in [0.4, 0.5) is 5.69 Å². The average molecular weight is 271 g/mol. The highest BCUT2D eigenvalue weighted by atomic mass is 32.2. The van der Waals surface area contributed by atoms with E-state index >= 15 is 0 Å². The van der Waals surface area contributed by atoms with E-state index in [-0.39, 0.29) is 11.7 Å². The zero-order valence-corrected chi connectivity index (χ0v) is 11.1. The second-order valence-corrected chi connectivity index (χ2v) is 5.84. The molecule has 3 nitrogen and oxygen atoms in total. The first-order valence-electron chi connectivity index (χ1n) is 6.07. The van der Waals surface area contributed by atoms with Crippen molar-refractivity contribution < 1.29 is 9.00 Å². The molecule has 1 aliphatic rings. The maximum atomic E-state index is 12.1. The first-order chi connectivity index (χ1) is 9.25. The summed E-state index contributed by atoms with van der Waals surface area (Å²) in [6.45, 7) is 0.522. The molecule has 96 valence electrons. The van der Waals surface area contributed by atoms with Crippen molar-refractivity contribution in [2.24, 2.45) is 0 Å². The lowest BCUT2D eigenvalue weighted by Gasteiger charge is -2.28. The highest BCUT2D eigenvalue weighted by Crippen LogP contribution is 2.29. The predicted molar refractivity (Wildman–Crippen MR) is 75.3 cm³/mol. The predicted octanol–water partition coefficient (Wildman–Crippen LogP) is 2.34. The molecule has 4 heteroatoms. The smallest absolute Gasteiger partial charge is 0.240 e. The molecule has 0 saturated heterocycles. The summed E-state index contributed by atoms with van der Waals surface area (Å²) in [5.74, 6) is -0.00925. The third kappa shape index (κ3) is 2.31. The summed E-state index contributed by atoms with van der Waals surface area (Å²) >= 11 is 0. The van der Waals surface area contributed by atoms with Crippen LogP contribution in [0.5, 0.6) is 0 Å². The van der Waals surface area contributed by atoms with Gasteiger partial charge in [-0.2, -0.15) is 0 Å². The van der Waals surface area contributed by atoms with Gasteiger partial charge in [0.1, 0.15) is 5.75 Å². The molecule has 1 unspecified atom stereocenters. The number of fused-ring (bicyclic) bond motifs is 1. The van der Waals surface area contributed by atoms with Crippen LogP contribution in [0.3, 0.4) is 0 Å². The number of benzene rings is 2. The lowest BCUT2D eigenvalue weighted by Crippen LogP contribution is -2.38. The molecule has 1 heterocycles. The van der Waals surface area contributed by atoms with E-state index in [0.717, 1.165) is 16.1 Å². The normalized spacial score (nSPS) is 18.2. The van der Waals surface area contributed by atoms with Crippen LogP contribution in [-0.2, 0) is 22.1 Å². The van der Waals surface area contributed by atoms with Gasteiger partial charge < -0.3 is 4.90 Å². The number of hydrogen-bond donors (Lipinski definition) is 0. The Morgan fingerprint density at radius 1 is 1.00 bits per heavy atom. The van der Waals surface area contributed by atoms with Gasteiger partial charge in [0.05, 0.1) is 27.9 Å². The Bertz CT molecular complexity index is 640. The van der Waals surface area contributed by atoms with Crippen LogP contribution < -0.4 is 4.90 Å². The van der Waals surface area contributed by atoms with E-state index in [2.05, 4.69) is 0 Å². The third-order valence-electron chi connectivity index (χ3n) is 3.14. The van der Waals surface area contributed by atoms with Gasteiger partial charge >= 0.3 is 0 Å². The zero-order valence-electron chi connectivity index (χ0n) is 10.3. The molecule has 0 N–H and O–H groups in total. The minimum Gasteiger partial charge on any atom is -0.306 e. The van der Waals surface area contributed by atoms with Crippen molar-refractivity contribution in [3.8, 4) is 0 Å². The van der Waals surface area contributed by atoms with Crippen molar-refractivity contribution in [1.29, 1.82) is 0 Å². The third-order valence-corrected chi connectivity index (χ3v) is 4.49. The molecule has 19 heavy (non-hydrogen) atoms. The van der Waals surface area contributed by atoms with Gasteiger partial charge in [0.15, 0.2) is 0 Å². The summed E-state index contributed by atoms with van der Waals surface area (Å²) in [7, 11) is -1.22. The lowest BCUT2D eigenvalue weighted by atomic mass is 10.2. The van der Waals surface area contributed by atoms with Crippen LogP contribution >= 0.6 is 0 Å². The topological polar surface area (TPSA) is 37.4 Å². The summed E-state index contributed by atoms with van der Waals surface area (Å²) in [6.07, 6.45) is 0. The fourth-order valence-electron chi connectivity index (χ4n) is 2.21. The van der Waals surface area contributed by atoms with Crippen molar-refractivity contribution in [2.75, 3.05) is 10.7 Å². The van der Waals surface area contributed by atoms with Gasteiger partial charge in [-0.05, 0) is 17.7 Å². The Morgan fingerprint density at radius 2 is 1.68 bits per heavy atom. The van der Waals surface area contributed by atoms with E-state index in [4.69, 9.17) is 0 Å². The summed E-state index contributed by atoms with van der Waals surface area (Å²) in [5, 5.41) is 0. The highest BCUT2D eigenvalue weighted by molar-refractivity contribution is 7.86.